The lowest BCUT2D eigenvalue weighted by molar-refractivity contribution is -0.152. The van der Waals surface area contributed by atoms with Gasteiger partial charge in [0.15, 0.2) is 6.10 Å². The Morgan fingerprint density at radius 2 is 1.96 bits per heavy atom. The molecule has 0 aliphatic carbocycles. The zero-order valence-corrected chi connectivity index (χ0v) is 15.1. The number of rotatable bonds is 6. The lowest BCUT2D eigenvalue weighted by atomic mass is 10.1. The lowest BCUT2D eigenvalue weighted by Crippen LogP contribution is -2.30. The number of para-hydroxylation sites is 1. The van der Waals surface area contributed by atoms with Gasteiger partial charge in [0, 0.05) is 12.6 Å². The van der Waals surface area contributed by atoms with Gasteiger partial charge in [-0.1, -0.05) is 18.2 Å². The molecule has 0 saturated heterocycles. The highest BCUT2D eigenvalue weighted by molar-refractivity contribution is 5.96. The number of nitrogens with one attached hydrogen (secondary N) is 1. The van der Waals surface area contributed by atoms with Crippen LogP contribution in [-0.4, -0.2) is 34.9 Å². The predicted octanol–water partition coefficient (Wildman–Crippen LogP) is 2.16. The van der Waals surface area contributed by atoms with E-state index in [2.05, 4.69) is 10.4 Å². The molecule has 1 amide bonds. The number of carbonyl (C=O) groups is 2. The first-order valence-electron chi connectivity index (χ1n) is 7.96. The van der Waals surface area contributed by atoms with E-state index >= 15 is 0 Å². The first-order chi connectivity index (χ1) is 11.8. The van der Waals surface area contributed by atoms with Gasteiger partial charge in [-0.05, 0) is 26.8 Å². The number of ether oxygens (including phenoxy) is 2. The molecular formula is C18H23N3O4. The molecule has 7 nitrogen and oxygen atoms in total. The van der Waals surface area contributed by atoms with E-state index in [4.69, 9.17) is 9.47 Å². The number of benzene rings is 1. The smallest absolute Gasteiger partial charge is 0.311 e. The van der Waals surface area contributed by atoms with E-state index in [0.29, 0.717) is 22.7 Å². The Labute approximate surface area is 146 Å². The van der Waals surface area contributed by atoms with E-state index in [1.807, 2.05) is 19.1 Å². The molecule has 2 rings (SSSR count). The lowest BCUT2D eigenvalue weighted by Gasteiger charge is -2.14. The van der Waals surface area contributed by atoms with Crippen LogP contribution in [0.1, 0.15) is 23.9 Å². The van der Waals surface area contributed by atoms with Crippen molar-refractivity contribution in [1.29, 1.82) is 0 Å². The van der Waals surface area contributed by atoms with Gasteiger partial charge >= 0.3 is 5.97 Å². The van der Waals surface area contributed by atoms with Crippen molar-refractivity contribution in [2.24, 2.45) is 7.05 Å². The molecule has 1 aromatic carbocycles. The van der Waals surface area contributed by atoms with Gasteiger partial charge in [-0.2, -0.15) is 5.10 Å². The molecule has 1 N–H and O–H groups in total. The molecule has 0 radical (unpaired) electrons. The van der Waals surface area contributed by atoms with E-state index in [0.717, 1.165) is 5.69 Å². The second-order valence-corrected chi connectivity index (χ2v) is 5.78. The standard InChI is InChI=1S/C18H23N3O4/c1-11-17(12(2)21(4)20-11)19-18(23)13(3)25-16(22)10-14-8-6-7-9-15(14)24-5/h6-9,13H,10H2,1-5H3,(H,19,23). The number of nitrogens with zero attached hydrogens (tertiary/aromatic N) is 2. The van der Waals surface area contributed by atoms with Crippen LogP contribution in [-0.2, 0) is 27.8 Å². The molecule has 1 heterocycles. The van der Waals surface area contributed by atoms with Gasteiger partial charge in [0.2, 0.25) is 0 Å². The minimum absolute atomic E-state index is 0.0343. The van der Waals surface area contributed by atoms with Gasteiger partial charge in [0.1, 0.15) is 5.75 Å². The molecule has 0 saturated carbocycles. The van der Waals surface area contributed by atoms with E-state index in [1.54, 1.807) is 37.9 Å². The summed E-state index contributed by atoms with van der Waals surface area (Å²) in [7, 11) is 3.34. The summed E-state index contributed by atoms with van der Waals surface area (Å²) in [4.78, 5) is 24.4. The third kappa shape index (κ3) is 4.37. The SMILES string of the molecule is COc1ccccc1CC(=O)OC(C)C(=O)Nc1c(C)nn(C)c1C. The number of aromatic nitrogens is 2. The first kappa shape index (κ1) is 18.5. The van der Waals surface area contributed by atoms with Crippen molar-refractivity contribution in [3.63, 3.8) is 0 Å². The maximum atomic E-state index is 12.3. The van der Waals surface area contributed by atoms with Crippen LogP contribution in [0.2, 0.25) is 0 Å². The minimum atomic E-state index is -0.916. The fourth-order valence-electron chi connectivity index (χ4n) is 2.48. The molecule has 1 aromatic heterocycles. The third-order valence-electron chi connectivity index (χ3n) is 3.96. The zero-order chi connectivity index (χ0) is 18.6. The Balaban J connectivity index is 1.97. The summed E-state index contributed by atoms with van der Waals surface area (Å²) in [6, 6.07) is 7.19. The number of methoxy groups -OCH3 is 1. The van der Waals surface area contributed by atoms with Crippen LogP contribution >= 0.6 is 0 Å². The number of esters is 1. The highest BCUT2D eigenvalue weighted by Gasteiger charge is 2.21. The van der Waals surface area contributed by atoms with E-state index in [9.17, 15) is 9.59 Å². The maximum Gasteiger partial charge on any atom is 0.311 e. The van der Waals surface area contributed by atoms with Gasteiger partial charge < -0.3 is 14.8 Å². The highest BCUT2D eigenvalue weighted by atomic mass is 16.5. The second-order valence-electron chi connectivity index (χ2n) is 5.78. The van der Waals surface area contributed by atoms with Crippen LogP contribution in [0, 0.1) is 13.8 Å². The number of amides is 1. The van der Waals surface area contributed by atoms with Crippen molar-refractivity contribution in [1.82, 2.24) is 9.78 Å². The summed E-state index contributed by atoms with van der Waals surface area (Å²) in [5.41, 5.74) is 2.89. The first-order valence-corrected chi connectivity index (χ1v) is 7.96. The van der Waals surface area contributed by atoms with Crippen LogP contribution in [0.15, 0.2) is 24.3 Å². The van der Waals surface area contributed by atoms with E-state index < -0.39 is 18.0 Å². The van der Waals surface area contributed by atoms with Gasteiger partial charge in [-0.25, -0.2) is 0 Å². The van der Waals surface area contributed by atoms with Crippen molar-refractivity contribution in [3.8, 4) is 5.75 Å². The van der Waals surface area contributed by atoms with E-state index in [-0.39, 0.29) is 6.42 Å². The summed E-state index contributed by atoms with van der Waals surface area (Å²) in [5.74, 6) is -0.280. The van der Waals surface area contributed by atoms with E-state index in [1.165, 1.54) is 6.92 Å². The molecule has 0 spiro atoms. The summed E-state index contributed by atoms with van der Waals surface area (Å²) in [6.45, 7) is 5.20. The fourth-order valence-corrected chi connectivity index (χ4v) is 2.48. The largest absolute Gasteiger partial charge is 0.496 e. The molecule has 134 valence electrons. The van der Waals surface area contributed by atoms with Gasteiger partial charge in [0.05, 0.1) is 30.6 Å². The number of anilines is 1. The van der Waals surface area contributed by atoms with Crippen molar-refractivity contribution >= 4 is 17.6 Å². The zero-order valence-electron chi connectivity index (χ0n) is 15.1. The molecular weight excluding hydrogens is 322 g/mol. The normalized spacial score (nSPS) is 11.7. The Bertz CT molecular complexity index is 783. The van der Waals surface area contributed by atoms with Gasteiger partial charge in [-0.3, -0.25) is 14.3 Å². The molecule has 1 atom stereocenters. The van der Waals surface area contributed by atoms with Crippen molar-refractivity contribution in [3.05, 3.63) is 41.2 Å². The quantitative estimate of drug-likeness (QED) is 0.811. The summed E-state index contributed by atoms with van der Waals surface area (Å²) >= 11 is 0. The molecule has 0 aliphatic rings. The summed E-state index contributed by atoms with van der Waals surface area (Å²) in [5, 5.41) is 7.01. The van der Waals surface area contributed by atoms with Gasteiger partial charge in [0.25, 0.3) is 5.91 Å². The Morgan fingerprint density at radius 3 is 2.56 bits per heavy atom. The average Bonchev–Trinajstić information content (AvgIpc) is 2.81. The molecule has 0 fully saturated rings. The predicted molar refractivity (Wildman–Crippen MR) is 93.6 cm³/mol. The fraction of sp³-hybridized carbons (Fsp3) is 0.389. The third-order valence-corrected chi connectivity index (χ3v) is 3.96. The van der Waals surface area contributed by atoms with Crippen LogP contribution in [0.4, 0.5) is 5.69 Å². The number of hydrogen-bond donors (Lipinski definition) is 1. The number of carbonyl (C=O) groups excluding carboxylic acids is 2. The van der Waals surface area contributed by atoms with Crippen LogP contribution in [0.25, 0.3) is 0 Å². The molecule has 0 aliphatic heterocycles. The number of hydrogen-bond acceptors (Lipinski definition) is 5. The van der Waals surface area contributed by atoms with Crippen LogP contribution < -0.4 is 10.1 Å². The molecule has 1 unspecified atom stereocenters. The van der Waals surface area contributed by atoms with Crippen LogP contribution in [0.3, 0.4) is 0 Å². The topological polar surface area (TPSA) is 82.4 Å². The van der Waals surface area contributed by atoms with Crippen LogP contribution in [0.5, 0.6) is 5.75 Å². The molecule has 2 aromatic rings. The monoisotopic (exact) mass is 345 g/mol. The molecule has 7 heteroatoms. The Kier molecular flexibility index (Phi) is 5.80. The van der Waals surface area contributed by atoms with Crippen molar-refractivity contribution < 1.29 is 19.1 Å². The average molecular weight is 345 g/mol. The summed E-state index contributed by atoms with van der Waals surface area (Å²) < 4.78 is 12.1. The Hall–Kier alpha value is -2.83. The summed E-state index contributed by atoms with van der Waals surface area (Å²) in [6.07, 6.45) is -0.881. The molecule has 25 heavy (non-hydrogen) atoms. The Morgan fingerprint density at radius 1 is 1.28 bits per heavy atom. The number of aryl methyl sites for hydroxylation is 2. The van der Waals surface area contributed by atoms with Crippen molar-refractivity contribution in [2.75, 3.05) is 12.4 Å². The second kappa shape index (κ2) is 7.83. The maximum absolute atomic E-state index is 12.3. The van der Waals surface area contributed by atoms with Gasteiger partial charge in [-0.15, -0.1) is 0 Å². The van der Waals surface area contributed by atoms with Crippen molar-refractivity contribution in [2.45, 2.75) is 33.3 Å². The minimum Gasteiger partial charge on any atom is -0.496 e. The molecule has 0 bridgehead atoms. The highest BCUT2D eigenvalue weighted by Crippen LogP contribution is 2.20.